The van der Waals surface area contributed by atoms with Gasteiger partial charge in [-0.15, -0.1) is 0 Å². The summed E-state index contributed by atoms with van der Waals surface area (Å²) in [5.74, 6) is 0.299. The van der Waals surface area contributed by atoms with Crippen molar-refractivity contribution in [1.29, 1.82) is 0 Å². The van der Waals surface area contributed by atoms with Crippen LogP contribution in [-0.4, -0.2) is 58.5 Å². The lowest BCUT2D eigenvalue weighted by Gasteiger charge is -2.21. The SMILES string of the molecule is CC(O)C1CCN(C(=O)C2CC(=O)N(C3CC3)C2)C1. The van der Waals surface area contributed by atoms with E-state index in [0.29, 0.717) is 25.6 Å². The van der Waals surface area contributed by atoms with Gasteiger partial charge in [0.05, 0.1) is 12.0 Å². The Morgan fingerprint density at radius 2 is 2.05 bits per heavy atom. The highest BCUT2D eigenvalue weighted by atomic mass is 16.3. The first-order valence-electron chi connectivity index (χ1n) is 7.32. The minimum Gasteiger partial charge on any atom is -0.393 e. The van der Waals surface area contributed by atoms with Crippen molar-refractivity contribution in [3.8, 4) is 0 Å². The first-order valence-corrected chi connectivity index (χ1v) is 7.32. The number of hydrogen-bond acceptors (Lipinski definition) is 3. The van der Waals surface area contributed by atoms with Crippen molar-refractivity contribution in [2.75, 3.05) is 19.6 Å². The lowest BCUT2D eigenvalue weighted by atomic mass is 10.0. The fourth-order valence-corrected chi connectivity index (χ4v) is 3.28. The van der Waals surface area contributed by atoms with Gasteiger partial charge in [0.25, 0.3) is 0 Å². The summed E-state index contributed by atoms with van der Waals surface area (Å²) >= 11 is 0. The molecule has 1 N–H and O–H groups in total. The monoisotopic (exact) mass is 266 g/mol. The van der Waals surface area contributed by atoms with E-state index in [1.165, 1.54) is 0 Å². The van der Waals surface area contributed by atoms with Crippen LogP contribution in [0.4, 0.5) is 0 Å². The van der Waals surface area contributed by atoms with Crippen molar-refractivity contribution in [1.82, 2.24) is 9.80 Å². The van der Waals surface area contributed by atoms with Crippen molar-refractivity contribution in [3.05, 3.63) is 0 Å². The van der Waals surface area contributed by atoms with Crippen LogP contribution in [0, 0.1) is 11.8 Å². The van der Waals surface area contributed by atoms with Crippen LogP contribution in [0.15, 0.2) is 0 Å². The number of amides is 2. The van der Waals surface area contributed by atoms with Gasteiger partial charge in [0.1, 0.15) is 0 Å². The van der Waals surface area contributed by atoms with Crippen molar-refractivity contribution in [3.63, 3.8) is 0 Å². The Bertz CT molecular complexity index is 392. The molecule has 2 heterocycles. The topological polar surface area (TPSA) is 60.9 Å². The predicted octanol–water partition coefficient (Wildman–Crippen LogP) is 0.227. The van der Waals surface area contributed by atoms with Crippen LogP contribution in [0.25, 0.3) is 0 Å². The summed E-state index contributed by atoms with van der Waals surface area (Å²) in [6, 6.07) is 0.411. The number of aliphatic hydroxyl groups is 1. The third-order valence-corrected chi connectivity index (χ3v) is 4.71. The minimum atomic E-state index is -0.356. The average Bonchev–Trinajstić information content (AvgIpc) is 2.95. The van der Waals surface area contributed by atoms with Gasteiger partial charge in [-0.2, -0.15) is 0 Å². The third-order valence-electron chi connectivity index (χ3n) is 4.71. The quantitative estimate of drug-likeness (QED) is 0.795. The molecule has 3 fully saturated rings. The molecule has 3 unspecified atom stereocenters. The number of carbonyl (C=O) groups excluding carboxylic acids is 2. The van der Waals surface area contributed by atoms with Crippen LogP contribution >= 0.6 is 0 Å². The van der Waals surface area contributed by atoms with Gasteiger partial charge >= 0.3 is 0 Å². The molecule has 5 nitrogen and oxygen atoms in total. The van der Waals surface area contributed by atoms with Crippen molar-refractivity contribution >= 4 is 11.8 Å². The second-order valence-corrected chi connectivity index (χ2v) is 6.25. The van der Waals surface area contributed by atoms with E-state index in [9.17, 15) is 14.7 Å². The van der Waals surface area contributed by atoms with E-state index in [2.05, 4.69) is 0 Å². The van der Waals surface area contributed by atoms with Gasteiger partial charge in [-0.25, -0.2) is 0 Å². The Kier molecular flexibility index (Phi) is 3.25. The first-order chi connectivity index (χ1) is 9.06. The summed E-state index contributed by atoms with van der Waals surface area (Å²) in [4.78, 5) is 28.0. The van der Waals surface area contributed by atoms with Crippen LogP contribution in [0.5, 0.6) is 0 Å². The molecule has 19 heavy (non-hydrogen) atoms. The van der Waals surface area contributed by atoms with Crippen molar-refractivity contribution in [2.45, 2.75) is 44.8 Å². The maximum Gasteiger partial charge on any atom is 0.228 e. The number of carbonyl (C=O) groups is 2. The Hall–Kier alpha value is -1.10. The van der Waals surface area contributed by atoms with Crippen LogP contribution < -0.4 is 0 Å². The van der Waals surface area contributed by atoms with E-state index in [4.69, 9.17) is 0 Å². The number of aliphatic hydroxyl groups excluding tert-OH is 1. The molecule has 0 spiro atoms. The molecule has 0 bridgehead atoms. The maximum atomic E-state index is 12.4. The fourth-order valence-electron chi connectivity index (χ4n) is 3.28. The Morgan fingerprint density at radius 1 is 1.32 bits per heavy atom. The molecule has 3 atom stereocenters. The van der Waals surface area contributed by atoms with Gasteiger partial charge in [0, 0.05) is 38.0 Å². The van der Waals surface area contributed by atoms with E-state index in [1.807, 2.05) is 9.80 Å². The Morgan fingerprint density at radius 3 is 2.63 bits per heavy atom. The largest absolute Gasteiger partial charge is 0.393 e. The highest BCUT2D eigenvalue weighted by molar-refractivity contribution is 5.89. The molecule has 1 aliphatic carbocycles. The second-order valence-electron chi connectivity index (χ2n) is 6.25. The average molecular weight is 266 g/mol. The summed E-state index contributed by atoms with van der Waals surface area (Å²) in [5.41, 5.74) is 0. The zero-order valence-electron chi connectivity index (χ0n) is 11.4. The first kappa shape index (κ1) is 12.9. The number of rotatable bonds is 3. The molecule has 2 saturated heterocycles. The number of likely N-dealkylation sites (tertiary alicyclic amines) is 2. The van der Waals surface area contributed by atoms with E-state index in [1.54, 1.807) is 6.92 Å². The third kappa shape index (κ3) is 2.48. The summed E-state index contributed by atoms with van der Waals surface area (Å²) < 4.78 is 0. The standard InChI is InChI=1S/C14H22N2O3/c1-9(17)10-4-5-15(7-10)14(19)11-6-13(18)16(8-11)12-2-3-12/h9-12,17H,2-8H2,1H3. The molecule has 3 aliphatic rings. The lowest BCUT2D eigenvalue weighted by Crippen LogP contribution is -2.37. The molecule has 0 aromatic carbocycles. The van der Waals surface area contributed by atoms with Gasteiger partial charge < -0.3 is 14.9 Å². The molecule has 3 rings (SSSR count). The van der Waals surface area contributed by atoms with Gasteiger partial charge in [0.15, 0.2) is 0 Å². The molecule has 0 aromatic rings. The van der Waals surface area contributed by atoms with Crippen LogP contribution in [0.1, 0.15) is 32.6 Å². The molecular formula is C14H22N2O3. The zero-order chi connectivity index (χ0) is 13.6. The number of nitrogens with zero attached hydrogens (tertiary/aromatic N) is 2. The van der Waals surface area contributed by atoms with Crippen molar-refractivity contribution < 1.29 is 14.7 Å². The molecule has 5 heteroatoms. The second kappa shape index (κ2) is 4.78. The van der Waals surface area contributed by atoms with Gasteiger partial charge in [-0.3, -0.25) is 9.59 Å². The molecule has 1 saturated carbocycles. The lowest BCUT2D eigenvalue weighted by molar-refractivity contribution is -0.135. The van der Waals surface area contributed by atoms with E-state index in [-0.39, 0.29) is 29.8 Å². The van der Waals surface area contributed by atoms with E-state index >= 15 is 0 Å². The predicted molar refractivity (Wildman–Crippen MR) is 69.2 cm³/mol. The number of hydrogen-bond donors (Lipinski definition) is 1. The van der Waals surface area contributed by atoms with Crippen molar-refractivity contribution in [2.24, 2.45) is 11.8 Å². The van der Waals surface area contributed by atoms with Crippen LogP contribution in [-0.2, 0) is 9.59 Å². The fraction of sp³-hybridized carbons (Fsp3) is 0.857. The van der Waals surface area contributed by atoms with Gasteiger partial charge in [-0.05, 0) is 26.2 Å². The summed E-state index contributed by atoms with van der Waals surface area (Å²) in [6.07, 6.45) is 3.09. The Balaban J connectivity index is 1.58. The summed E-state index contributed by atoms with van der Waals surface area (Å²) in [5, 5.41) is 9.58. The highest BCUT2D eigenvalue weighted by Crippen LogP contribution is 2.33. The Labute approximate surface area is 113 Å². The molecule has 0 radical (unpaired) electrons. The van der Waals surface area contributed by atoms with Gasteiger partial charge in [-0.1, -0.05) is 0 Å². The molecule has 106 valence electrons. The normalized spacial score (nSPS) is 33.1. The van der Waals surface area contributed by atoms with E-state index < -0.39 is 0 Å². The van der Waals surface area contributed by atoms with E-state index in [0.717, 1.165) is 25.8 Å². The maximum absolute atomic E-state index is 12.4. The highest BCUT2D eigenvalue weighted by Gasteiger charge is 2.43. The molecule has 0 aromatic heterocycles. The molecule has 2 aliphatic heterocycles. The zero-order valence-corrected chi connectivity index (χ0v) is 11.4. The minimum absolute atomic E-state index is 0.111. The summed E-state index contributed by atoms with van der Waals surface area (Å²) in [7, 11) is 0. The van der Waals surface area contributed by atoms with Crippen LogP contribution in [0.3, 0.4) is 0 Å². The molecule has 2 amide bonds. The molecular weight excluding hydrogens is 244 g/mol. The van der Waals surface area contributed by atoms with Crippen LogP contribution in [0.2, 0.25) is 0 Å². The summed E-state index contributed by atoms with van der Waals surface area (Å²) in [6.45, 7) is 3.76. The smallest absolute Gasteiger partial charge is 0.228 e. The van der Waals surface area contributed by atoms with Gasteiger partial charge in [0.2, 0.25) is 11.8 Å².